The van der Waals surface area contributed by atoms with Crippen molar-refractivity contribution in [1.29, 1.82) is 0 Å². The molecule has 0 fully saturated rings. The summed E-state index contributed by atoms with van der Waals surface area (Å²) in [5.74, 6) is -0.188. The van der Waals surface area contributed by atoms with Crippen molar-refractivity contribution in [3.05, 3.63) is 22.8 Å². The Morgan fingerprint density at radius 3 is 2.56 bits per heavy atom. The summed E-state index contributed by atoms with van der Waals surface area (Å²) >= 11 is 0. The largest absolute Gasteiger partial charge is 0.324 e. The number of hydrogen-bond acceptors (Lipinski definition) is 3. The van der Waals surface area contributed by atoms with E-state index < -0.39 is 5.41 Å². The van der Waals surface area contributed by atoms with Gasteiger partial charge in [-0.25, -0.2) is 0 Å². The van der Waals surface area contributed by atoms with Gasteiger partial charge in [-0.1, -0.05) is 12.5 Å². The van der Waals surface area contributed by atoms with Gasteiger partial charge in [-0.2, -0.15) is 0 Å². The van der Waals surface area contributed by atoms with E-state index in [0.29, 0.717) is 5.57 Å². The fourth-order valence-electron chi connectivity index (χ4n) is 3.20. The number of carbonyl (C=O) groups excluding carboxylic acids is 2. The Bertz CT molecular complexity index is 487. The van der Waals surface area contributed by atoms with Crippen molar-refractivity contribution in [2.45, 2.75) is 46.6 Å². The van der Waals surface area contributed by atoms with E-state index >= 15 is 0 Å². The molecule has 3 atom stereocenters. The first-order chi connectivity index (χ1) is 8.33. The number of rotatable bonds is 1. The molecule has 3 nitrogen and oxygen atoms in total. The SMILES string of the molecule is CCC1=CC(=O)C2(C)C(=O)C(C)=C(C)C(N)C2C1. The molecule has 3 unspecified atom stereocenters. The van der Waals surface area contributed by atoms with E-state index in [9.17, 15) is 9.59 Å². The number of Topliss-reactive ketones (excluding diaryl/α,β-unsaturated/α-hetero) is 1. The second-order valence-electron chi connectivity index (χ2n) is 5.70. The third kappa shape index (κ3) is 1.53. The summed E-state index contributed by atoms with van der Waals surface area (Å²) in [6.07, 6.45) is 3.27. The average molecular weight is 247 g/mol. The minimum atomic E-state index is -0.943. The number of hydrogen-bond donors (Lipinski definition) is 1. The summed E-state index contributed by atoms with van der Waals surface area (Å²) in [6, 6.07) is -0.188. The highest BCUT2D eigenvalue weighted by molar-refractivity contribution is 6.19. The van der Waals surface area contributed by atoms with E-state index in [-0.39, 0.29) is 23.5 Å². The van der Waals surface area contributed by atoms with Crippen molar-refractivity contribution in [1.82, 2.24) is 0 Å². The molecule has 0 spiro atoms. The number of allylic oxidation sites excluding steroid dienone is 3. The third-order valence-corrected chi connectivity index (χ3v) is 4.86. The average Bonchev–Trinajstić information content (AvgIpc) is 2.36. The zero-order valence-corrected chi connectivity index (χ0v) is 11.5. The van der Waals surface area contributed by atoms with Crippen LogP contribution in [0.25, 0.3) is 0 Å². The van der Waals surface area contributed by atoms with Gasteiger partial charge in [0.25, 0.3) is 0 Å². The zero-order valence-electron chi connectivity index (χ0n) is 11.5. The lowest BCUT2D eigenvalue weighted by molar-refractivity contribution is -0.140. The first kappa shape index (κ1) is 13.2. The van der Waals surface area contributed by atoms with Crippen LogP contribution in [0.2, 0.25) is 0 Å². The van der Waals surface area contributed by atoms with Crippen LogP contribution >= 0.6 is 0 Å². The molecular weight excluding hydrogens is 226 g/mol. The highest BCUT2D eigenvalue weighted by Gasteiger charge is 2.54. The van der Waals surface area contributed by atoms with Crippen molar-refractivity contribution in [3.63, 3.8) is 0 Å². The van der Waals surface area contributed by atoms with E-state index in [1.807, 2.05) is 13.8 Å². The fraction of sp³-hybridized carbons (Fsp3) is 0.600. The maximum absolute atomic E-state index is 12.5. The molecule has 2 aliphatic rings. The molecule has 0 amide bonds. The van der Waals surface area contributed by atoms with Crippen molar-refractivity contribution >= 4 is 11.6 Å². The molecule has 0 aliphatic heterocycles. The topological polar surface area (TPSA) is 60.2 Å². The van der Waals surface area contributed by atoms with E-state index in [1.165, 1.54) is 0 Å². The standard InChI is InChI=1S/C15H21NO2/c1-5-10-6-11-13(16)8(2)9(3)14(18)15(11,4)12(17)7-10/h7,11,13H,5-6,16H2,1-4H3. The lowest BCUT2D eigenvalue weighted by Crippen LogP contribution is -2.55. The molecule has 98 valence electrons. The Morgan fingerprint density at radius 1 is 1.39 bits per heavy atom. The molecule has 2 N–H and O–H groups in total. The van der Waals surface area contributed by atoms with Gasteiger partial charge in [0.1, 0.15) is 0 Å². The van der Waals surface area contributed by atoms with Crippen LogP contribution in [0.15, 0.2) is 22.8 Å². The first-order valence-electron chi connectivity index (χ1n) is 6.55. The van der Waals surface area contributed by atoms with Gasteiger partial charge in [0.2, 0.25) is 0 Å². The van der Waals surface area contributed by atoms with Crippen LogP contribution in [-0.2, 0) is 9.59 Å². The third-order valence-electron chi connectivity index (χ3n) is 4.86. The number of ketones is 2. The van der Waals surface area contributed by atoms with E-state index in [1.54, 1.807) is 19.9 Å². The molecule has 0 aromatic carbocycles. The monoisotopic (exact) mass is 247 g/mol. The lowest BCUT2D eigenvalue weighted by atomic mass is 9.57. The molecule has 18 heavy (non-hydrogen) atoms. The quantitative estimate of drug-likeness (QED) is 0.722. The Balaban J connectivity index is 2.57. The van der Waals surface area contributed by atoms with Crippen LogP contribution in [0.1, 0.15) is 40.5 Å². The van der Waals surface area contributed by atoms with Gasteiger partial charge in [-0.05, 0) is 50.8 Å². The number of carbonyl (C=O) groups is 2. The van der Waals surface area contributed by atoms with Gasteiger partial charge in [0.15, 0.2) is 11.6 Å². The highest BCUT2D eigenvalue weighted by atomic mass is 16.2. The van der Waals surface area contributed by atoms with Gasteiger partial charge in [0.05, 0.1) is 5.41 Å². The van der Waals surface area contributed by atoms with Crippen molar-refractivity contribution < 1.29 is 9.59 Å². The molecule has 2 rings (SSSR count). The summed E-state index contributed by atoms with van der Waals surface area (Å²) in [6.45, 7) is 7.49. The molecule has 0 radical (unpaired) electrons. The predicted molar refractivity (Wildman–Crippen MR) is 71.0 cm³/mol. The zero-order chi connectivity index (χ0) is 13.7. The molecular formula is C15H21NO2. The Hall–Kier alpha value is -1.22. The number of fused-ring (bicyclic) bond motifs is 1. The van der Waals surface area contributed by atoms with Crippen molar-refractivity contribution in [3.8, 4) is 0 Å². The Morgan fingerprint density at radius 2 is 2.00 bits per heavy atom. The van der Waals surface area contributed by atoms with Crippen molar-refractivity contribution in [2.75, 3.05) is 0 Å². The second-order valence-corrected chi connectivity index (χ2v) is 5.70. The van der Waals surface area contributed by atoms with E-state index in [4.69, 9.17) is 5.73 Å². The normalized spacial score (nSPS) is 36.6. The van der Waals surface area contributed by atoms with Gasteiger partial charge >= 0.3 is 0 Å². The van der Waals surface area contributed by atoms with Gasteiger partial charge in [-0.15, -0.1) is 0 Å². The first-order valence-corrected chi connectivity index (χ1v) is 6.55. The van der Waals surface area contributed by atoms with Crippen LogP contribution in [0.5, 0.6) is 0 Å². The Kier molecular flexibility index (Phi) is 3.06. The summed E-state index contributed by atoms with van der Waals surface area (Å²) in [7, 11) is 0. The predicted octanol–water partition coefficient (Wildman–Crippen LogP) is 2.16. The van der Waals surface area contributed by atoms with Gasteiger partial charge in [0, 0.05) is 12.0 Å². The summed E-state index contributed by atoms with van der Waals surface area (Å²) in [5, 5.41) is 0. The van der Waals surface area contributed by atoms with E-state index in [0.717, 1.165) is 24.0 Å². The maximum Gasteiger partial charge on any atom is 0.172 e. The van der Waals surface area contributed by atoms with Gasteiger partial charge < -0.3 is 5.73 Å². The van der Waals surface area contributed by atoms with Crippen LogP contribution in [-0.4, -0.2) is 17.6 Å². The molecule has 2 aliphatic carbocycles. The smallest absolute Gasteiger partial charge is 0.172 e. The van der Waals surface area contributed by atoms with Crippen LogP contribution in [0, 0.1) is 11.3 Å². The number of nitrogens with two attached hydrogens (primary N) is 1. The lowest BCUT2D eigenvalue weighted by Gasteiger charge is -2.45. The summed E-state index contributed by atoms with van der Waals surface area (Å²) in [5.41, 5.74) is 8.03. The van der Waals surface area contributed by atoms with Crippen molar-refractivity contribution in [2.24, 2.45) is 17.1 Å². The molecule has 0 saturated carbocycles. The molecule has 0 aromatic heterocycles. The van der Waals surface area contributed by atoms with Gasteiger partial charge in [-0.3, -0.25) is 9.59 Å². The molecule has 3 heteroatoms. The van der Waals surface area contributed by atoms with Crippen LogP contribution < -0.4 is 5.73 Å². The van der Waals surface area contributed by atoms with Crippen LogP contribution in [0.4, 0.5) is 0 Å². The maximum atomic E-state index is 12.5. The molecule has 0 aromatic rings. The van der Waals surface area contributed by atoms with E-state index in [2.05, 4.69) is 0 Å². The molecule has 0 saturated heterocycles. The minimum absolute atomic E-state index is 0.0388. The second kappa shape index (κ2) is 4.16. The summed E-state index contributed by atoms with van der Waals surface area (Å²) < 4.78 is 0. The minimum Gasteiger partial charge on any atom is -0.324 e. The summed E-state index contributed by atoms with van der Waals surface area (Å²) in [4.78, 5) is 24.8. The Labute approximate surface area is 108 Å². The molecule has 0 bridgehead atoms. The molecule has 0 heterocycles. The highest BCUT2D eigenvalue weighted by Crippen LogP contribution is 2.47. The fourth-order valence-corrected chi connectivity index (χ4v) is 3.20. The van der Waals surface area contributed by atoms with Crippen LogP contribution in [0.3, 0.4) is 0 Å².